The van der Waals surface area contributed by atoms with Crippen LogP contribution in [-0.2, 0) is 0 Å². The third kappa shape index (κ3) is 5.39. The van der Waals surface area contributed by atoms with E-state index in [2.05, 4.69) is 180 Å². The quantitative estimate of drug-likeness (QED) is 0.174. The van der Waals surface area contributed by atoms with Gasteiger partial charge in [-0.05, 0) is 65.4 Å². The van der Waals surface area contributed by atoms with Crippen LogP contribution in [0.2, 0.25) is 0 Å². The third-order valence-electron chi connectivity index (χ3n) is 12.0. The molecule has 4 nitrogen and oxygen atoms in total. The lowest BCUT2D eigenvalue weighted by Gasteiger charge is -2.17. The second-order valence-electron chi connectivity index (χ2n) is 15.5. The highest BCUT2D eigenvalue weighted by atomic mass is 32.1. The van der Waals surface area contributed by atoms with Gasteiger partial charge in [0.25, 0.3) is 0 Å². The van der Waals surface area contributed by atoms with Crippen molar-refractivity contribution < 1.29 is 0 Å². The Morgan fingerprint density at radius 1 is 0.328 bits per heavy atom. The zero-order valence-corrected chi connectivity index (χ0v) is 34.2. The Labute approximate surface area is 358 Å². The molecule has 0 aliphatic carbocycles. The zero-order valence-electron chi connectivity index (χ0n) is 32.6. The van der Waals surface area contributed by atoms with E-state index in [0.29, 0.717) is 17.5 Å². The summed E-state index contributed by atoms with van der Waals surface area (Å²) in [4.78, 5) is 15.8. The van der Waals surface area contributed by atoms with E-state index in [1.807, 2.05) is 29.5 Å². The first-order valence-electron chi connectivity index (χ1n) is 20.4. The first kappa shape index (κ1) is 34.4. The summed E-state index contributed by atoms with van der Waals surface area (Å²) in [6.07, 6.45) is 0. The predicted octanol–water partition coefficient (Wildman–Crippen LogP) is 15.5. The summed E-state index contributed by atoms with van der Waals surface area (Å²) in [7, 11) is 0. The number of hydrogen-bond acceptors (Lipinski definition) is 5. The van der Waals surface area contributed by atoms with Crippen LogP contribution in [-0.4, -0.2) is 19.5 Å². The molecule has 6 heteroatoms. The van der Waals surface area contributed by atoms with Crippen molar-refractivity contribution in [2.45, 2.75) is 0 Å². The summed E-state index contributed by atoms with van der Waals surface area (Å²) >= 11 is 3.64. The molecule has 0 N–H and O–H groups in total. The van der Waals surface area contributed by atoms with Gasteiger partial charge in [-0.25, -0.2) is 15.0 Å². The number of para-hydroxylation sites is 1. The third-order valence-corrected chi connectivity index (χ3v) is 14.5. The van der Waals surface area contributed by atoms with Crippen molar-refractivity contribution >= 4 is 95.6 Å². The van der Waals surface area contributed by atoms with Gasteiger partial charge in [0.05, 0.1) is 16.7 Å². The van der Waals surface area contributed by atoms with Gasteiger partial charge in [0.1, 0.15) is 0 Å². The lowest BCUT2D eigenvalue weighted by atomic mass is 9.98. The van der Waals surface area contributed by atoms with Gasteiger partial charge in [0.2, 0.25) is 0 Å². The molecule has 0 atom stereocenters. The molecule has 284 valence electrons. The Morgan fingerprint density at radius 2 is 0.885 bits per heavy atom. The van der Waals surface area contributed by atoms with Crippen LogP contribution >= 0.6 is 22.7 Å². The van der Waals surface area contributed by atoms with E-state index in [1.165, 1.54) is 73.0 Å². The van der Waals surface area contributed by atoms with Crippen molar-refractivity contribution in [3.8, 4) is 51.0 Å². The SMILES string of the molecule is c1ccc(-c2nc(-c3ccc(-n4c5ccccc5c5cc6ccccc6cc54)c(-c4cccc5c4sc4ccccc45)c3)nc(-c3cccc4c3sc3ccccc34)n2)cc1. The molecular formula is C55H32N4S2. The molecule has 0 saturated carbocycles. The molecule has 4 aromatic heterocycles. The van der Waals surface area contributed by atoms with Crippen molar-refractivity contribution in [2.24, 2.45) is 0 Å². The summed E-state index contributed by atoms with van der Waals surface area (Å²) in [5.41, 5.74) is 8.59. The minimum atomic E-state index is 0.631. The van der Waals surface area contributed by atoms with E-state index in [-0.39, 0.29) is 0 Å². The fraction of sp³-hybridized carbons (Fsp3) is 0. The van der Waals surface area contributed by atoms with E-state index in [9.17, 15) is 0 Å². The van der Waals surface area contributed by atoms with Gasteiger partial charge in [-0.1, -0.05) is 140 Å². The molecule has 0 spiro atoms. The Hall–Kier alpha value is -7.51. The van der Waals surface area contributed by atoms with Crippen LogP contribution in [0.5, 0.6) is 0 Å². The van der Waals surface area contributed by atoms with Crippen LogP contribution < -0.4 is 0 Å². The Balaban J connectivity index is 1.11. The first-order chi connectivity index (χ1) is 30.2. The molecular weight excluding hydrogens is 781 g/mol. The topological polar surface area (TPSA) is 43.6 Å². The molecule has 0 fully saturated rings. The van der Waals surface area contributed by atoms with Gasteiger partial charge in [-0.2, -0.15) is 0 Å². The van der Waals surface area contributed by atoms with E-state index in [0.717, 1.165) is 33.5 Å². The molecule has 4 heterocycles. The molecule has 13 rings (SSSR count). The van der Waals surface area contributed by atoms with Crippen LogP contribution in [0.15, 0.2) is 194 Å². The van der Waals surface area contributed by atoms with Gasteiger partial charge in [-0.15, -0.1) is 22.7 Å². The highest BCUT2D eigenvalue weighted by Gasteiger charge is 2.22. The fourth-order valence-corrected chi connectivity index (χ4v) is 11.7. The van der Waals surface area contributed by atoms with Crippen LogP contribution in [0.1, 0.15) is 0 Å². The Kier molecular flexibility index (Phi) is 7.61. The summed E-state index contributed by atoms with van der Waals surface area (Å²) in [5, 5.41) is 9.89. The summed E-state index contributed by atoms with van der Waals surface area (Å²) in [5.74, 6) is 1.93. The summed E-state index contributed by atoms with van der Waals surface area (Å²) in [6, 6.07) is 69.7. The van der Waals surface area contributed by atoms with Crippen molar-refractivity contribution in [3.63, 3.8) is 0 Å². The van der Waals surface area contributed by atoms with Gasteiger partial charge in [-0.3, -0.25) is 0 Å². The minimum absolute atomic E-state index is 0.631. The summed E-state index contributed by atoms with van der Waals surface area (Å²) < 4.78 is 7.41. The largest absolute Gasteiger partial charge is 0.309 e. The highest BCUT2D eigenvalue weighted by Crippen LogP contribution is 2.45. The number of rotatable bonds is 5. The molecule has 0 radical (unpaired) electrons. The molecule has 0 unspecified atom stereocenters. The van der Waals surface area contributed by atoms with Crippen molar-refractivity contribution in [1.29, 1.82) is 0 Å². The Bertz CT molecular complexity index is 3900. The zero-order chi connectivity index (χ0) is 40.0. The molecule has 0 bridgehead atoms. The van der Waals surface area contributed by atoms with Crippen molar-refractivity contribution in [3.05, 3.63) is 194 Å². The number of fused-ring (bicyclic) bond motifs is 10. The second kappa shape index (κ2) is 13.5. The maximum absolute atomic E-state index is 5.36. The highest BCUT2D eigenvalue weighted by molar-refractivity contribution is 7.26. The molecule has 61 heavy (non-hydrogen) atoms. The molecule has 0 aliphatic heterocycles. The molecule has 13 aromatic rings. The van der Waals surface area contributed by atoms with Crippen LogP contribution in [0, 0.1) is 0 Å². The summed E-state index contributed by atoms with van der Waals surface area (Å²) in [6.45, 7) is 0. The fourth-order valence-electron chi connectivity index (χ4n) is 9.22. The van der Waals surface area contributed by atoms with E-state index < -0.39 is 0 Å². The maximum atomic E-state index is 5.36. The van der Waals surface area contributed by atoms with Crippen molar-refractivity contribution in [2.75, 3.05) is 0 Å². The van der Waals surface area contributed by atoms with Crippen LogP contribution in [0.25, 0.3) is 124 Å². The maximum Gasteiger partial charge on any atom is 0.165 e. The number of thiophene rings is 2. The molecule has 9 aromatic carbocycles. The Morgan fingerprint density at radius 3 is 1.62 bits per heavy atom. The number of hydrogen-bond donors (Lipinski definition) is 0. The average molecular weight is 813 g/mol. The van der Waals surface area contributed by atoms with Crippen LogP contribution in [0.3, 0.4) is 0 Å². The van der Waals surface area contributed by atoms with Gasteiger partial charge >= 0.3 is 0 Å². The van der Waals surface area contributed by atoms with Crippen molar-refractivity contribution in [1.82, 2.24) is 19.5 Å². The van der Waals surface area contributed by atoms with E-state index in [1.54, 1.807) is 11.3 Å². The van der Waals surface area contributed by atoms with Crippen LogP contribution in [0.4, 0.5) is 0 Å². The van der Waals surface area contributed by atoms with Gasteiger partial charge in [0.15, 0.2) is 17.5 Å². The minimum Gasteiger partial charge on any atom is -0.309 e. The lowest BCUT2D eigenvalue weighted by Crippen LogP contribution is -2.02. The molecule has 0 saturated heterocycles. The van der Waals surface area contributed by atoms with Gasteiger partial charge < -0.3 is 4.57 Å². The van der Waals surface area contributed by atoms with Gasteiger partial charge in [0, 0.05) is 78.9 Å². The second-order valence-corrected chi connectivity index (χ2v) is 17.6. The average Bonchev–Trinajstić information content (AvgIpc) is 4.00. The predicted molar refractivity (Wildman–Crippen MR) is 259 cm³/mol. The monoisotopic (exact) mass is 812 g/mol. The van der Waals surface area contributed by atoms with E-state index in [4.69, 9.17) is 15.0 Å². The number of benzene rings is 9. The molecule has 0 aliphatic rings. The normalized spacial score (nSPS) is 11.9. The first-order valence-corrected chi connectivity index (χ1v) is 22.1. The van der Waals surface area contributed by atoms with E-state index >= 15 is 0 Å². The standard InChI is InChI=1S/C55H32N4S2/c1-2-14-33(15-3-1)53-56-54(58-55(57-53)43-24-13-22-41-39-20-8-11-27-50(39)61-52(41)43)36-28-29-47(45(31-36)42-23-12-21-40-38-19-7-10-26-49(38)60-51(40)42)59-46-25-9-6-18-37(46)44-30-34-16-4-5-17-35(34)32-48(44)59/h1-32H. The molecule has 0 amide bonds. The number of aromatic nitrogens is 4. The number of nitrogens with zero attached hydrogens (tertiary/aromatic N) is 4. The smallest absolute Gasteiger partial charge is 0.165 e. The lowest BCUT2D eigenvalue weighted by molar-refractivity contribution is 1.08.